The van der Waals surface area contributed by atoms with Gasteiger partial charge in [-0.05, 0) is 98.7 Å². The summed E-state index contributed by atoms with van der Waals surface area (Å²) in [5.41, 5.74) is 6.58. The Kier molecular flexibility index (Phi) is 10.2. The van der Waals surface area contributed by atoms with E-state index in [1.165, 1.54) is 14.2 Å². The minimum absolute atomic E-state index is 0.00541. The van der Waals surface area contributed by atoms with Crippen LogP contribution in [0, 0.1) is 5.92 Å². The number of hydrogen-bond acceptors (Lipinski definition) is 9. The van der Waals surface area contributed by atoms with E-state index >= 15 is 0 Å². The van der Waals surface area contributed by atoms with Crippen LogP contribution >= 0.6 is 0 Å². The molecule has 6 atom stereocenters. The monoisotopic (exact) mass is 790 g/mol. The second-order valence-corrected chi connectivity index (χ2v) is 16.1. The molecule has 0 bridgehead atoms. The lowest BCUT2D eigenvalue weighted by Crippen LogP contribution is -2.52. The third-order valence-electron chi connectivity index (χ3n) is 12.0. The molecule has 304 valence electrons. The summed E-state index contributed by atoms with van der Waals surface area (Å²) in [6.45, 7) is 9.90. The summed E-state index contributed by atoms with van der Waals surface area (Å²) < 4.78 is 15.9. The number of methoxy groups -OCH3 is 2. The van der Waals surface area contributed by atoms with Crippen molar-refractivity contribution in [3.8, 4) is 28.1 Å². The lowest BCUT2D eigenvalue weighted by molar-refractivity contribution is -0.137. The quantitative estimate of drug-likeness (QED) is 0.130. The minimum Gasteiger partial charge on any atom is -0.488 e. The van der Waals surface area contributed by atoms with E-state index in [0.29, 0.717) is 18.3 Å². The molecule has 0 aliphatic carbocycles. The SMILES string of the molecule is COC(=O)N[C@@H](C)C(=O)N1[C@@H](C)CC[C@H]1c1ncc(-c2ccc3c(c2)COc2cc4c(ccc5[nH]c([C@@H]6CC[C@H](C)N6C(=O)[C@@H](NC(=O)OC)C(C)C)nc54)cc2-3)[nH]1. The van der Waals surface area contributed by atoms with Crippen molar-refractivity contribution < 1.29 is 33.4 Å². The summed E-state index contributed by atoms with van der Waals surface area (Å²) in [6, 6.07) is 12.6. The number of imidazole rings is 2. The summed E-state index contributed by atoms with van der Waals surface area (Å²) in [5, 5.41) is 7.28. The van der Waals surface area contributed by atoms with Crippen LogP contribution < -0.4 is 15.4 Å². The summed E-state index contributed by atoms with van der Waals surface area (Å²) in [6.07, 6.45) is 3.67. The molecule has 4 N–H and O–H groups in total. The summed E-state index contributed by atoms with van der Waals surface area (Å²) in [5.74, 6) is 1.72. The number of carbonyl (C=O) groups is 4. The van der Waals surface area contributed by atoms with Crippen molar-refractivity contribution >= 4 is 45.8 Å². The first-order valence-corrected chi connectivity index (χ1v) is 20.0. The number of aromatic nitrogens is 4. The molecule has 8 rings (SSSR count). The van der Waals surface area contributed by atoms with E-state index in [4.69, 9.17) is 24.2 Å². The van der Waals surface area contributed by atoms with Crippen molar-refractivity contribution in [3.05, 3.63) is 65.9 Å². The molecule has 2 aromatic heterocycles. The van der Waals surface area contributed by atoms with E-state index in [9.17, 15) is 19.2 Å². The number of carbonyl (C=O) groups excluding carboxylic acids is 4. The average molecular weight is 791 g/mol. The van der Waals surface area contributed by atoms with Gasteiger partial charge in [0.25, 0.3) is 0 Å². The van der Waals surface area contributed by atoms with E-state index < -0.39 is 24.3 Å². The minimum atomic E-state index is -0.737. The highest BCUT2D eigenvalue weighted by molar-refractivity contribution is 6.07. The standard InChI is InChI=1S/C43H50N8O7/c1-21(2)36(49-43(55)57-7)41(53)51-23(4)9-15-34(51)39-46-31-13-11-25-17-30-28-12-10-26(16-27(28)20-58-35(30)18-29(25)37(31)48-39)32-19-44-38(47-32)33-14-8-22(3)50(33)40(52)24(5)45-42(54)56-6/h10-13,16-19,21-24,33-34,36H,8-9,14-15,20H2,1-7H3,(H,44,47)(H,45,54)(H,46,48)(H,49,55)/t22-,23-,24-,33-,34-,36-/m0/s1. The molecular formula is C43H50N8O7. The highest BCUT2D eigenvalue weighted by Gasteiger charge is 2.42. The molecule has 2 fully saturated rings. The molecule has 5 aromatic rings. The van der Waals surface area contributed by atoms with Gasteiger partial charge in [0.1, 0.15) is 36.1 Å². The van der Waals surface area contributed by atoms with Crippen LogP contribution in [0.5, 0.6) is 5.75 Å². The number of benzene rings is 3. The molecule has 5 heterocycles. The fourth-order valence-electron chi connectivity index (χ4n) is 8.91. The molecule has 0 radical (unpaired) electrons. The van der Waals surface area contributed by atoms with E-state index in [0.717, 1.165) is 81.2 Å². The smallest absolute Gasteiger partial charge is 0.407 e. The Hall–Kier alpha value is -6.12. The zero-order valence-electron chi connectivity index (χ0n) is 33.8. The van der Waals surface area contributed by atoms with E-state index in [1.807, 2.05) is 43.6 Å². The number of nitrogens with zero attached hydrogens (tertiary/aromatic N) is 4. The Bertz CT molecular complexity index is 2420. The second-order valence-electron chi connectivity index (χ2n) is 16.1. The van der Waals surface area contributed by atoms with Crippen LogP contribution in [-0.2, 0) is 25.7 Å². The molecule has 2 saturated heterocycles. The molecule has 15 heteroatoms. The number of aromatic amines is 2. The van der Waals surface area contributed by atoms with E-state index in [1.54, 1.807) is 13.1 Å². The Balaban J connectivity index is 1.05. The molecule has 3 aromatic carbocycles. The van der Waals surface area contributed by atoms with Gasteiger partial charge < -0.3 is 44.6 Å². The lowest BCUT2D eigenvalue weighted by atomic mass is 9.92. The van der Waals surface area contributed by atoms with Crippen LogP contribution in [-0.4, -0.2) is 92.1 Å². The number of rotatable bonds is 8. The Morgan fingerprint density at radius 2 is 1.50 bits per heavy atom. The molecule has 0 unspecified atom stereocenters. The lowest BCUT2D eigenvalue weighted by Gasteiger charge is -2.32. The Morgan fingerprint density at radius 1 is 0.810 bits per heavy atom. The van der Waals surface area contributed by atoms with Gasteiger partial charge in [0.2, 0.25) is 11.8 Å². The van der Waals surface area contributed by atoms with Gasteiger partial charge >= 0.3 is 12.2 Å². The number of ether oxygens (including phenoxy) is 3. The van der Waals surface area contributed by atoms with Crippen molar-refractivity contribution in [1.29, 1.82) is 0 Å². The molecule has 58 heavy (non-hydrogen) atoms. The van der Waals surface area contributed by atoms with Gasteiger partial charge in [-0.2, -0.15) is 0 Å². The van der Waals surface area contributed by atoms with E-state index in [-0.39, 0.29) is 41.9 Å². The Labute approximate surface area is 336 Å². The highest BCUT2D eigenvalue weighted by Crippen LogP contribution is 2.44. The van der Waals surface area contributed by atoms with Crippen molar-refractivity contribution in [2.75, 3.05) is 14.2 Å². The van der Waals surface area contributed by atoms with Crippen LogP contribution in [0.25, 0.3) is 44.2 Å². The van der Waals surface area contributed by atoms with Gasteiger partial charge in [-0.15, -0.1) is 0 Å². The van der Waals surface area contributed by atoms with Crippen molar-refractivity contribution in [1.82, 2.24) is 40.4 Å². The number of H-pyrrole nitrogens is 2. The summed E-state index contributed by atoms with van der Waals surface area (Å²) >= 11 is 0. The highest BCUT2D eigenvalue weighted by atomic mass is 16.5. The van der Waals surface area contributed by atoms with E-state index in [2.05, 4.69) is 57.0 Å². The maximum atomic E-state index is 13.9. The maximum absolute atomic E-state index is 13.9. The van der Waals surface area contributed by atoms with Gasteiger partial charge in [0.15, 0.2) is 0 Å². The van der Waals surface area contributed by atoms with Crippen LogP contribution in [0.1, 0.15) is 89.6 Å². The largest absolute Gasteiger partial charge is 0.488 e. The zero-order chi connectivity index (χ0) is 41.0. The average Bonchev–Trinajstić information content (AvgIpc) is 4.04. The van der Waals surface area contributed by atoms with Gasteiger partial charge in [0.05, 0.1) is 49.2 Å². The predicted molar refractivity (Wildman–Crippen MR) is 217 cm³/mol. The zero-order valence-corrected chi connectivity index (χ0v) is 33.8. The summed E-state index contributed by atoms with van der Waals surface area (Å²) in [4.78, 5) is 71.8. The van der Waals surface area contributed by atoms with Gasteiger partial charge in [0, 0.05) is 23.0 Å². The van der Waals surface area contributed by atoms with Crippen LogP contribution in [0.15, 0.2) is 48.7 Å². The molecule has 15 nitrogen and oxygen atoms in total. The number of likely N-dealkylation sites (tertiary alicyclic amines) is 2. The van der Waals surface area contributed by atoms with Crippen molar-refractivity contribution in [3.63, 3.8) is 0 Å². The number of alkyl carbamates (subject to hydrolysis) is 2. The first-order valence-electron chi connectivity index (χ1n) is 20.0. The third kappa shape index (κ3) is 6.85. The third-order valence-corrected chi connectivity index (χ3v) is 12.0. The topological polar surface area (TPSA) is 184 Å². The molecule has 3 aliphatic rings. The molecule has 4 amide bonds. The molecule has 0 saturated carbocycles. The van der Waals surface area contributed by atoms with Crippen LogP contribution in [0.3, 0.4) is 0 Å². The summed E-state index contributed by atoms with van der Waals surface area (Å²) in [7, 11) is 2.57. The van der Waals surface area contributed by atoms with Crippen molar-refractivity contribution in [2.24, 2.45) is 5.92 Å². The van der Waals surface area contributed by atoms with Crippen LogP contribution in [0.2, 0.25) is 0 Å². The van der Waals surface area contributed by atoms with Gasteiger partial charge in [-0.3, -0.25) is 9.59 Å². The fraction of sp³-hybridized carbons (Fsp3) is 0.442. The molecule has 3 aliphatic heterocycles. The number of nitrogens with one attached hydrogen (secondary N) is 4. The normalized spacial score (nSPS) is 21.0. The number of amides is 4. The Morgan fingerprint density at radius 3 is 2.21 bits per heavy atom. The maximum Gasteiger partial charge on any atom is 0.407 e. The van der Waals surface area contributed by atoms with Gasteiger partial charge in [-0.25, -0.2) is 19.6 Å². The number of hydrogen-bond donors (Lipinski definition) is 4. The molecular weight excluding hydrogens is 741 g/mol. The van der Waals surface area contributed by atoms with Crippen LogP contribution in [0.4, 0.5) is 9.59 Å². The number of fused-ring (bicyclic) bond motifs is 6. The molecule has 0 spiro atoms. The van der Waals surface area contributed by atoms with Gasteiger partial charge in [-0.1, -0.05) is 32.0 Å². The first kappa shape index (κ1) is 38.7. The second kappa shape index (κ2) is 15.3. The fourth-order valence-corrected chi connectivity index (χ4v) is 8.91. The first-order chi connectivity index (χ1) is 27.9. The predicted octanol–water partition coefficient (Wildman–Crippen LogP) is 6.89. The van der Waals surface area contributed by atoms with Crippen molar-refractivity contribution in [2.45, 2.75) is 103 Å².